The molecule has 2 amide bonds. The molecule has 1 aliphatic heterocycles. The van der Waals surface area contributed by atoms with Gasteiger partial charge in [-0.25, -0.2) is 9.48 Å². The Bertz CT molecular complexity index is 568. The quantitative estimate of drug-likeness (QED) is 0.857. The monoisotopic (exact) mass is 349 g/mol. The average molecular weight is 349 g/mol. The number of carbonyl (C=O) groups is 1. The Morgan fingerprint density at radius 2 is 2.04 bits per heavy atom. The fraction of sp³-hybridized carbons (Fsp3) is 0.778. The molecular formula is C18H31N5O2. The van der Waals surface area contributed by atoms with E-state index in [0.29, 0.717) is 12.1 Å². The van der Waals surface area contributed by atoms with E-state index >= 15 is 0 Å². The van der Waals surface area contributed by atoms with E-state index in [2.05, 4.69) is 34.5 Å². The minimum Gasteiger partial charge on any atom is -0.378 e. The summed E-state index contributed by atoms with van der Waals surface area (Å²) in [5, 5.41) is 10.5. The summed E-state index contributed by atoms with van der Waals surface area (Å²) in [5.74, 6) is 0.775. The molecule has 0 aromatic carbocycles. The molecule has 1 aromatic rings. The molecule has 2 heterocycles. The number of nitrogens with one attached hydrogen (secondary N) is 2. The number of ether oxygens (including phenoxy) is 1. The lowest BCUT2D eigenvalue weighted by Gasteiger charge is -2.24. The number of aromatic nitrogens is 2. The minimum absolute atomic E-state index is 0.00143. The topological polar surface area (TPSA) is 71.4 Å². The van der Waals surface area contributed by atoms with Crippen LogP contribution in [-0.2, 0) is 4.74 Å². The van der Waals surface area contributed by atoms with E-state index in [0.717, 1.165) is 31.7 Å². The first-order chi connectivity index (χ1) is 12.1. The fourth-order valence-electron chi connectivity index (χ4n) is 3.95. The zero-order chi connectivity index (χ0) is 17.8. The molecule has 0 unspecified atom stereocenters. The van der Waals surface area contributed by atoms with Crippen molar-refractivity contribution in [3.05, 3.63) is 12.3 Å². The molecule has 2 N–H and O–H groups in total. The molecule has 7 heteroatoms. The highest BCUT2D eigenvalue weighted by Gasteiger charge is 2.35. The highest BCUT2D eigenvalue weighted by Crippen LogP contribution is 2.29. The molecule has 0 spiro atoms. The predicted molar refractivity (Wildman–Crippen MR) is 97.8 cm³/mol. The molecule has 1 saturated heterocycles. The second kappa shape index (κ2) is 8.19. The number of rotatable bonds is 5. The van der Waals surface area contributed by atoms with Crippen molar-refractivity contribution in [2.45, 2.75) is 70.2 Å². The lowest BCUT2D eigenvalue weighted by atomic mass is 9.96. The van der Waals surface area contributed by atoms with E-state index in [1.807, 2.05) is 10.7 Å². The van der Waals surface area contributed by atoms with E-state index in [9.17, 15) is 4.79 Å². The Kier molecular flexibility index (Phi) is 5.96. The zero-order valence-corrected chi connectivity index (χ0v) is 15.6. The van der Waals surface area contributed by atoms with E-state index in [-0.39, 0.29) is 18.2 Å². The van der Waals surface area contributed by atoms with Crippen LogP contribution in [0.25, 0.3) is 0 Å². The normalized spacial score (nSPS) is 25.4. The van der Waals surface area contributed by atoms with Crippen LogP contribution in [0.2, 0.25) is 0 Å². The van der Waals surface area contributed by atoms with Crippen molar-refractivity contribution >= 4 is 11.8 Å². The number of urea groups is 1. The molecule has 0 radical (unpaired) electrons. The van der Waals surface area contributed by atoms with Gasteiger partial charge in [0.25, 0.3) is 0 Å². The van der Waals surface area contributed by atoms with Crippen LogP contribution in [0.4, 0.5) is 10.6 Å². The maximum absolute atomic E-state index is 12.5. The molecule has 2 fully saturated rings. The molecule has 0 bridgehead atoms. The third-order valence-electron chi connectivity index (χ3n) is 5.48. The van der Waals surface area contributed by atoms with Crippen LogP contribution in [0.15, 0.2) is 12.3 Å². The van der Waals surface area contributed by atoms with Crippen LogP contribution in [-0.4, -0.2) is 59.1 Å². The first kappa shape index (κ1) is 18.2. The average Bonchev–Trinajstić information content (AvgIpc) is 3.22. The number of amides is 2. The van der Waals surface area contributed by atoms with Crippen molar-refractivity contribution in [2.24, 2.45) is 0 Å². The predicted octanol–water partition coefficient (Wildman–Crippen LogP) is 2.62. The van der Waals surface area contributed by atoms with Gasteiger partial charge in [-0.15, -0.1) is 0 Å². The second-order valence-electron chi connectivity index (χ2n) is 7.48. The maximum Gasteiger partial charge on any atom is 0.320 e. The third kappa shape index (κ3) is 4.33. The standard InChI is InChI=1S/C18H31N5O2/c1-13(2)22-11-15(16(12-22)25-3)20-18(24)21-17-9-10-19-23(17)14-7-5-4-6-8-14/h9-10,13-16H,4-8,11-12H2,1-3H3,(H2,20,21,24)/t15-,16-/m0/s1. The highest BCUT2D eigenvalue weighted by atomic mass is 16.5. The Labute approximate surface area is 150 Å². The summed E-state index contributed by atoms with van der Waals surface area (Å²) in [6.07, 6.45) is 7.82. The Morgan fingerprint density at radius 3 is 2.72 bits per heavy atom. The fourth-order valence-corrected chi connectivity index (χ4v) is 3.95. The summed E-state index contributed by atoms with van der Waals surface area (Å²) in [4.78, 5) is 14.8. The number of hydrogen-bond acceptors (Lipinski definition) is 4. The largest absolute Gasteiger partial charge is 0.378 e. The lowest BCUT2D eigenvalue weighted by Crippen LogP contribution is -2.45. The van der Waals surface area contributed by atoms with Crippen molar-refractivity contribution in [1.29, 1.82) is 0 Å². The molecule has 2 aliphatic rings. The molecule has 140 valence electrons. The molecule has 25 heavy (non-hydrogen) atoms. The van der Waals surface area contributed by atoms with Gasteiger partial charge in [0, 0.05) is 32.3 Å². The molecule has 7 nitrogen and oxygen atoms in total. The molecule has 1 aliphatic carbocycles. The van der Waals surface area contributed by atoms with E-state index in [1.54, 1.807) is 13.3 Å². The van der Waals surface area contributed by atoms with Crippen LogP contribution in [0.1, 0.15) is 52.0 Å². The molecule has 1 saturated carbocycles. The summed E-state index contributed by atoms with van der Waals surface area (Å²) in [5.41, 5.74) is 0. The molecular weight excluding hydrogens is 318 g/mol. The number of methoxy groups -OCH3 is 1. The van der Waals surface area contributed by atoms with Gasteiger partial charge < -0.3 is 10.1 Å². The summed E-state index contributed by atoms with van der Waals surface area (Å²) < 4.78 is 7.53. The van der Waals surface area contributed by atoms with Crippen LogP contribution in [0.5, 0.6) is 0 Å². The Morgan fingerprint density at radius 1 is 1.28 bits per heavy atom. The molecule has 1 aromatic heterocycles. The Balaban J connectivity index is 1.58. The number of nitrogens with zero attached hydrogens (tertiary/aromatic N) is 3. The van der Waals surface area contributed by atoms with Crippen LogP contribution in [0.3, 0.4) is 0 Å². The summed E-state index contributed by atoms with van der Waals surface area (Å²) in [6, 6.07) is 2.53. The lowest BCUT2D eigenvalue weighted by molar-refractivity contribution is 0.0896. The van der Waals surface area contributed by atoms with Crippen molar-refractivity contribution in [3.63, 3.8) is 0 Å². The van der Waals surface area contributed by atoms with Gasteiger partial charge in [0.2, 0.25) is 0 Å². The number of anilines is 1. The smallest absolute Gasteiger partial charge is 0.320 e. The van der Waals surface area contributed by atoms with Gasteiger partial charge in [0.05, 0.1) is 24.4 Å². The van der Waals surface area contributed by atoms with E-state index in [4.69, 9.17) is 4.74 Å². The van der Waals surface area contributed by atoms with Crippen LogP contribution >= 0.6 is 0 Å². The number of likely N-dealkylation sites (tertiary alicyclic amines) is 1. The molecule has 2 atom stereocenters. The third-order valence-corrected chi connectivity index (χ3v) is 5.48. The van der Waals surface area contributed by atoms with E-state index < -0.39 is 0 Å². The van der Waals surface area contributed by atoms with E-state index in [1.165, 1.54) is 19.3 Å². The molecule has 3 rings (SSSR count). The van der Waals surface area contributed by atoms with Crippen LogP contribution in [0, 0.1) is 0 Å². The van der Waals surface area contributed by atoms with Gasteiger partial charge in [-0.2, -0.15) is 5.10 Å². The van der Waals surface area contributed by atoms with Gasteiger partial charge in [0.15, 0.2) is 0 Å². The number of carbonyl (C=O) groups excluding carboxylic acids is 1. The Hall–Kier alpha value is -1.60. The van der Waals surface area contributed by atoms with Gasteiger partial charge in [-0.1, -0.05) is 19.3 Å². The summed E-state index contributed by atoms with van der Waals surface area (Å²) in [7, 11) is 1.71. The highest BCUT2D eigenvalue weighted by molar-refractivity contribution is 5.88. The van der Waals surface area contributed by atoms with Gasteiger partial charge in [-0.3, -0.25) is 10.2 Å². The summed E-state index contributed by atoms with van der Waals surface area (Å²) in [6.45, 7) is 5.99. The minimum atomic E-state index is -0.185. The first-order valence-electron chi connectivity index (χ1n) is 9.46. The first-order valence-corrected chi connectivity index (χ1v) is 9.46. The van der Waals surface area contributed by atoms with Gasteiger partial charge in [-0.05, 0) is 26.7 Å². The van der Waals surface area contributed by atoms with Crippen molar-refractivity contribution in [2.75, 3.05) is 25.5 Å². The van der Waals surface area contributed by atoms with Crippen LogP contribution < -0.4 is 10.6 Å². The summed E-state index contributed by atoms with van der Waals surface area (Å²) >= 11 is 0. The van der Waals surface area contributed by atoms with Gasteiger partial charge >= 0.3 is 6.03 Å². The van der Waals surface area contributed by atoms with Crippen molar-refractivity contribution in [3.8, 4) is 0 Å². The van der Waals surface area contributed by atoms with Crippen molar-refractivity contribution in [1.82, 2.24) is 20.0 Å². The van der Waals surface area contributed by atoms with Gasteiger partial charge in [0.1, 0.15) is 5.82 Å². The van der Waals surface area contributed by atoms with Crippen molar-refractivity contribution < 1.29 is 9.53 Å². The maximum atomic E-state index is 12.5. The zero-order valence-electron chi connectivity index (χ0n) is 15.6. The second-order valence-corrected chi connectivity index (χ2v) is 7.48. The SMILES string of the molecule is CO[C@H]1CN(C(C)C)C[C@@H]1NC(=O)Nc1ccnn1C1CCCCC1. The number of hydrogen-bond donors (Lipinski definition) is 2.